The zero-order valence-electron chi connectivity index (χ0n) is 14.8. The monoisotopic (exact) mass is 399 g/mol. The standard InChI is InChI=1S/C19H15F2N5OS/c1-2-16-24-25-18-19(23-14-5-3-4-6-15(14)26(16)18)28-10-17(27)22-13-8-7-11(20)9-12(13)21/h3-9H,2,10H2,1H3,(H,22,27). The molecule has 0 aliphatic rings. The van der Waals surface area contributed by atoms with Gasteiger partial charge < -0.3 is 5.32 Å². The molecule has 2 heterocycles. The molecule has 0 unspecified atom stereocenters. The summed E-state index contributed by atoms with van der Waals surface area (Å²) in [4.78, 5) is 16.8. The number of nitrogens with zero attached hydrogens (tertiary/aromatic N) is 4. The second kappa shape index (κ2) is 7.51. The molecule has 4 aromatic rings. The first-order valence-electron chi connectivity index (χ1n) is 8.57. The molecule has 0 aliphatic heterocycles. The minimum atomic E-state index is -0.824. The van der Waals surface area contributed by atoms with Gasteiger partial charge in [0.2, 0.25) is 5.91 Å². The Kier molecular flexibility index (Phi) is 4.91. The van der Waals surface area contributed by atoms with Crippen molar-refractivity contribution in [2.24, 2.45) is 0 Å². The molecule has 9 heteroatoms. The summed E-state index contributed by atoms with van der Waals surface area (Å²) in [5.41, 5.74) is 2.15. The van der Waals surface area contributed by atoms with Crippen LogP contribution in [0.3, 0.4) is 0 Å². The van der Waals surface area contributed by atoms with Gasteiger partial charge in [-0.05, 0) is 24.3 Å². The van der Waals surface area contributed by atoms with Gasteiger partial charge in [0.15, 0.2) is 5.65 Å². The van der Waals surface area contributed by atoms with Crippen molar-refractivity contribution in [3.8, 4) is 0 Å². The van der Waals surface area contributed by atoms with Crippen LogP contribution in [0.5, 0.6) is 0 Å². The smallest absolute Gasteiger partial charge is 0.234 e. The lowest BCUT2D eigenvalue weighted by molar-refractivity contribution is -0.113. The maximum atomic E-state index is 13.7. The number of aromatic nitrogens is 4. The van der Waals surface area contributed by atoms with Gasteiger partial charge in [0.1, 0.15) is 22.5 Å². The Morgan fingerprint density at radius 1 is 1.18 bits per heavy atom. The highest BCUT2D eigenvalue weighted by molar-refractivity contribution is 8.00. The Morgan fingerprint density at radius 2 is 2.00 bits per heavy atom. The number of rotatable bonds is 5. The van der Waals surface area contributed by atoms with E-state index in [1.165, 1.54) is 17.8 Å². The fourth-order valence-corrected chi connectivity index (χ4v) is 3.62. The van der Waals surface area contributed by atoms with Gasteiger partial charge in [0.25, 0.3) is 0 Å². The lowest BCUT2D eigenvalue weighted by Crippen LogP contribution is -2.15. The third kappa shape index (κ3) is 3.40. The van der Waals surface area contributed by atoms with E-state index in [1.807, 2.05) is 35.6 Å². The average molecular weight is 399 g/mol. The molecule has 2 aromatic carbocycles. The number of anilines is 1. The van der Waals surface area contributed by atoms with Crippen molar-refractivity contribution in [2.75, 3.05) is 11.1 Å². The second-order valence-corrected chi connectivity index (χ2v) is 6.96. The number of benzene rings is 2. The summed E-state index contributed by atoms with van der Waals surface area (Å²) in [7, 11) is 0. The van der Waals surface area contributed by atoms with Gasteiger partial charge in [-0.3, -0.25) is 9.20 Å². The van der Waals surface area contributed by atoms with Crippen molar-refractivity contribution in [3.05, 3.63) is 59.9 Å². The number of para-hydroxylation sites is 2. The van der Waals surface area contributed by atoms with E-state index < -0.39 is 17.5 Å². The topological polar surface area (TPSA) is 72.2 Å². The van der Waals surface area contributed by atoms with Crippen LogP contribution in [0.2, 0.25) is 0 Å². The van der Waals surface area contributed by atoms with Crippen LogP contribution in [0.25, 0.3) is 16.7 Å². The molecule has 142 valence electrons. The molecule has 0 fully saturated rings. The molecule has 0 saturated carbocycles. The number of carbonyl (C=O) groups excluding carboxylic acids is 1. The zero-order valence-corrected chi connectivity index (χ0v) is 15.6. The molecule has 0 saturated heterocycles. The second-order valence-electron chi connectivity index (χ2n) is 6.00. The third-order valence-corrected chi connectivity index (χ3v) is 5.08. The van der Waals surface area contributed by atoms with E-state index in [-0.39, 0.29) is 11.4 Å². The van der Waals surface area contributed by atoms with Crippen LogP contribution in [0.4, 0.5) is 14.5 Å². The first-order chi connectivity index (χ1) is 13.6. The van der Waals surface area contributed by atoms with E-state index in [1.54, 1.807) is 0 Å². The number of amides is 1. The molecule has 1 N–H and O–H groups in total. The lowest BCUT2D eigenvalue weighted by Gasteiger charge is -2.09. The van der Waals surface area contributed by atoms with Gasteiger partial charge in [-0.25, -0.2) is 13.8 Å². The molecular weight excluding hydrogens is 384 g/mol. The third-order valence-electron chi connectivity index (χ3n) is 4.13. The SMILES string of the molecule is CCc1nnc2c(SCC(=O)Nc3ccc(F)cc3F)nc3ccccc3n12. The fraction of sp³-hybridized carbons (Fsp3) is 0.158. The average Bonchev–Trinajstić information content (AvgIpc) is 3.13. The van der Waals surface area contributed by atoms with Crippen molar-refractivity contribution in [3.63, 3.8) is 0 Å². The summed E-state index contributed by atoms with van der Waals surface area (Å²) in [6, 6.07) is 10.6. The molecule has 4 rings (SSSR count). The Labute approximate surface area is 163 Å². The molecular formula is C19H15F2N5OS. The highest BCUT2D eigenvalue weighted by atomic mass is 32.2. The van der Waals surface area contributed by atoms with Crippen LogP contribution in [0.1, 0.15) is 12.7 Å². The Balaban J connectivity index is 1.60. The van der Waals surface area contributed by atoms with Gasteiger partial charge in [-0.2, -0.15) is 0 Å². The van der Waals surface area contributed by atoms with Crippen molar-refractivity contribution < 1.29 is 13.6 Å². The fourth-order valence-electron chi connectivity index (χ4n) is 2.85. The maximum Gasteiger partial charge on any atom is 0.234 e. The van der Waals surface area contributed by atoms with Crippen molar-refractivity contribution in [2.45, 2.75) is 18.4 Å². The van der Waals surface area contributed by atoms with E-state index in [0.717, 1.165) is 29.0 Å². The molecule has 0 aliphatic carbocycles. The van der Waals surface area contributed by atoms with Crippen LogP contribution in [-0.4, -0.2) is 31.2 Å². The van der Waals surface area contributed by atoms with Gasteiger partial charge in [0, 0.05) is 12.5 Å². The quantitative estimate of drug-likeness (QED) is 0.516. The Hall–Kier alpha value is -3.07. The van der Waals surface area contributed by atoms with E-state index in [2.05, 4.69) is 20.5 Å². The van der Waals surface area contributed by atoms with Crippen LogP contribution in [-0.2, 0) is 11.2 Å². The summed E-state index contributed by atoms with van der Waals surface area (Å²) in [6.45, 7) is 1.99. The summed E-state index contributed by atoms with van der Waals surface area (Å²) in [5.74, 6) is -1.17. The lowest BCUT2D eigenvalue weighted by atomic mass is 10.3. The number of hydrogen-bond donors (Lipinski definition) is 1. The highest BCUT2D eigenvalue weighted by Crippen LogP contribution is 2.26. The van der Waals surface area contributed by atoms with Crippen molar-refractivity contribution >= 4 is 40.0 Å². The highest BCUT2D eigenvalue weighted by Gasteiger charge is 2.16. The number of halogens is 2. The number of carbonyl (C=O) groups is 1. The van der Waals surface area contributed by atoms with Crippen LogP contribution in [0, 0.1) is 11.6 Å². The number of fused-ring (bicyclic) bond motifs is 3. The summed E-state index contributed by atoms with van der Waals surface area (Å²) < 4.78 is 28.6. The Bertz CT molecular complexity index is 1190. The molecule has 0 atom stereocenters. The van der Waals surface area contributed by atoms with E-state index in [4.69, 9.17) is 0 Å². The molecule has 28 heavy (non-hydrogen) atoms. The molecule has 2 aromatic heterocycles. The number of hydrogen-bond acceptors (Lipinski definition) is 5. The first kappa shape index (κ1) is 18.3. The minimum absolute atomic E-state index is 0.00780. The minimum Gasteiger partial charge on any atom is -0.323 e. The van der Waals surface area contributed by atoms with Gasteiger partial charge in [-0.1, -0.05) is 30.8 Å². The summed E-state index contributed by atoms with van der Waals surface area (Å²) in [6.07, 6.45) is 0.698. The Morgan fingerprint density at radius 3 is 2.79 bits per heavy atom. The van der Waals surface area contributed by atoms with Crippen LogP contribution >= 0.6 is 11.8 Å². The summed E-state index contributed by atoms with van der Waals surface area (Å²) >= 11 is 1.18. The number of nitrogens with one attached hydrogen (secondary N) is 1. The number of thioether (sulfide) groups is 1. The van der Waals surface area contributed by atoms with Crippen molar-refractivity contribution in [1.29, 1.82) is 0 Å². The van der Waals surface area contributed by atoms with Gasteiger partial charge in [0.05, 0.1) is 22.5 Å². The van der Waals surface area contributed by atoms with Gasteiger partial charge in [-0.15, -0.1) is 10.2 Å². The molecule has 0 bridgehead atoms. The maximum absolute atomic E-state index is 13.7. The molecule has 0 radical (unpaired) electrons. The zero-order chi connectivity index (χ0) is 19.7. The normalized spacial score (nSPS) is 11.2. The van der Waals surface area contributed by atoms with Crippen LogP contribution in [0.15, 0.2) is 47.5 Å². The first-order valence-corrected chi connectivity index (χ1v) is 9.56. The molecule has 6 nitrogen and oxygen atoms in total. The molecule has 0 spiro atoms. The van der Waals surface area contributed by atoms with E-state index >= 15 is 0 Å². The summed E-state index contributed by atoms with van der Waals surface area (Å²) in [5, 5.41) is 11.4. The van der Waals surface area contributed by atoms with E-state index in [0.29, 0.717) is 17.1 Å². The van der Waals surface area contributed by atoms with Gasteiger partial charge >= 0.3 is 0 Å². The van der Waals surface area contributed by atoms with Crippen molar-refractivity contribution in [1.82, 2.24) is 19.6 Å². The van der Waals surface area contributed by atoms with Crippen LogP contribution < -0.4 is 5.32 Å². The predicted molar refractivity (Wildman–Crippen MR) is 103 cm³/mol. The predicted octanol–water partition coefficient (Wildman–Crippen LogP) is 3.85. The molecule has 1 amide bonds. The largest absolute Gasteiger partial charge is 0.323 e. The van der Waals surface area contributed by atoms with E-state index in [9.17, 15) is 13.6 Å². The number of aryl methyl sites for hydroxylation is 1.